The van der Waals surface area contributed by atoms with Gasteiger partial charge >= 0.3 is 10.1 Å². The highest BCUT2D eigenvalue weighted by Crippen LogP contribution is 2.26. The molecule has 0 spiro atoms. The summed E-state index contributed by atoms with van der Waals surface area (Å²) in [4.78, 5) is 12.2. The van der Waals surface area contributed by atoms with Gasteiger partial charge in [-0.05, 0) is 36.4 Å². The van der Waals surface area contributed by atoms with Gasteiger partial charge in [-0.2, -0.15) is 8.42 Å². The molecule has 7 heteroatoms. The summed E-state index contributed by atoms with van der Waals surface area (Å²) in [6, 6.07) is 12.7. The van der Waals surface area contributed by atoms with Crippen LogP contribution in [0.1, 0.15) is 0 Å². The molecule has 1 aromatic heterocycles. The van der Waals surface area contributed by atoms with E-state index >= 15 is 0 Å². The van der Waals surface area contributed by atoms with Gasteiger partial charge in [0.25, 0.3) is 0 Å². The molecular weight excluding hydrogens is 332 g/mol. The van der Waals surface area contributed by atoms with Crippen LogP contribution in [0.25, 0.3) is 22.3 Å². The summed E-state index contributed by atoms with van der Waals surface area (Å²) in [5.74, 6) is 1.14. The predicted octanol–water partition coefficient (Wildman–Crippen LogP) is 2.81. The molecule has 1 heterocycles. The van der Waals surface area contributed by atoms with E-state index in [1.807, 2.05) is 0 Å². The SMILES string of the molecule is COc1ccc(-c2cc(=O)c3ccc(OS(C)(=O)=O)cc3o2)cc1. The second-order valence-corrected chi connectivity index (χ2v) is 6.72. The molecule has 0 unspecified atom stereocenters. The zero-order valence-corrected chi connectivity index (χ0v) is 13.8. The zero-order chi connectivity index (χ0) is 17.3. The summed E-state index contributed by atoms with van der Waals surface area (Å²) in [7, 11) is -2.10. The number of fused-ring (bicyclic) bond motifs is 1. The first-order chi connectivity index (χ1) is 11.4. The van der Waals surface area contributed by atoms with E-state index in [0.29, 0.717) is 22.5 Å². The molecule has 0 aliphatic carbocycles. The van der Waals surface area contributed by atoms with Crippen LogP contribution < -0.4 is 14.3 Å². The first-order valence-electron chi connectivity index (χ1n) is 6.97. The van der Waals surface area contributed by atoms with Crippen molar-refractivity contribution in [1.29, 1.82) is 0 Å². The minimum absolute atomic E-state index is 0.0834. The van der Waals surface area contributed by atoms with Crippen LogP contribution >= 0.6 is 0 Å². The van der Waals surface area contributed by atoms with Crippen molar-refractivity contribution in [3.8, 4) is 22.8 Å². The summed E-state index contributed by atoms with van der Waals surface area (Å²) in [6.07, 6.45) is 0.946. The van der Waals surface area contributed by atoms with Crippen LogP contribution in [-0.4, -0.2) is 21.8 Å². The van der Waals surface area contributed by atoms with E-state index in [-0.39, 0.29) is 16.8 Å². The third kappa shape index (κ3) is 3.41. The van der Waals surface area contributed by atoms with Gasteiger partial charge in [-0.15, -0.1) is 0 Å². The lowest BCUT2D eigenvalue weighted by Crippen LogP contribution is -2.06. The fourth-order valence-electron chi connectivity index (χ4n) is 2.26. The second-order valence-electron chi connectivity index (χ2n) is 5.15. The van der Waals surface area contributed by atoms with Crippen LogP contribution in [0, 0.1) is 0 Å². The number of rotatable bonds is 4. The zero-order valence-electron chi connectivity index (χ0n) is 13.0. The molecule has 124 valence electrons. The van der Waals surface area contributed by atoms with Crippen molar-refractivity contribution in [2.75, 3.05) is 13.4 Å². The molecule has 0 aliphatic heterocycles. The fourth-order valence-corrected chi connectivity index (χ4v) is 2.71. The van der Waals surface area contributed by atoms with Gasteiger partial charge in [0, 0.05) is 17.7 Å². The first-order valence-corrected chi connectivity index (χ1v) is 8.79. The van der Waals surface area contributed by atoms with Crippen LogP contribution in [0.4, 0.5) is 0 Å². The van der Waals surface area contributed by atoms with Gasteiger partial charge in [0.2, 0.25) is 0 Å². The highest BCUT2D eigenvalue weighted by Gasteiger charge is 2.10. The first kappa shape index (κ1) is 16.1. The highest BCUT2D eigenvalue weighted by atomic mass is 32.2. The third-order valence-corrected chi connectivity index (χ3v) is 3.82. The van der Waals surface area contributed by atoms with Crippen LogP contribution in [0.15, 0.2) is 57.7 Å². The van der Waals surface area contributed by atoms with Crippen molar-refractivity contribution >= 4 is 21.1 Å². The molecule has 0 fully saturated rings. The molecule has 0 aliphatic rings. The Bertz CT molecular complexity index is 1050. The second kappa shape index (κ2) is 6.01. The van der Waals surface area contributed by atoms with E-state index < -0.39 is 10.1 Å². The Labute approximate surface area is 138 Å². The lowest BCUT2D eigenvalue weighted by molar-refractivity contribution is 0.415. The largest absolute Gasteiger partial charge is 0.497 e. The summed E-state index contributed by atoms with van der Waals surface area (Å²) >= 11 is 0. The van der Waals surface area contributed by atoms with Gasteiger partial charge in [0.15, 0.2) is 5.43 Å². The lowest BCUT2D eigenvalue weighted by atomic mass is 10.1. The minimum Gasteiger partial charge on any atom is -0.497 e. The maximum atomic E-state index is 12.2. The minimum atomic E-state index is -3.66. The summed E-state index contributed by atoms with van der Waals surface area (Å²) in [5, 5.41) is 0.341. The van der Waals surface area contributed by atoms with Crippen LogP contribution in [0.2, 0.25) is 0 Å². The standard InChI is InChI=1S/C17H14O6S/c1-21-12-5-3-11(4-6-12)16-10-15(18)14-8-7-13(9-17(14)22-16)23-24(2,19)20/h3-10H,1-2H3. The monoisotopic (exact) mass is 346 g/mol. The molecule has 0 atom stereocenters. The quantitative estimate of drug-likeness (QED) is 0.676. The van der Waals surface area contributed by atoms with Crippen molar-refractivity contribution in [2.45, 2.75) is 0 Å². The number of methoxy groups -OCH3 is 1. The molecule has 3 rings (SSSR count). The Balaban J connectivity index is 2.11. The molecule has 0 radical (unpaired) electrons. The lowest BCUT2D eigenvalue weighted by Gasteiger charge is -2.06. The smallest absolute Gasteiger partial charge is 0.306 e. The van der Waals surface area contributed by atoms with Crippen molar-refractivity contribution in [2.24, 2.45) is 0 Å². The molecule has 0 saturated heterocycles. The third-order valence-electron chi connectivity index (χ3n) is 3.32. The Kier molecular flexibility index (Phi) is 4.02. The molecule has 6 nitrogen and oxygen atoms in total. The average Bonchev–Trinajstić information content (AvgIpc) is 2.53. The van der Waals surface area contributed by atoms with Crippen molar-refractivity contribution in [3.05, 3.63) is 58.8 Å². The van der Waals surface area contributed by atoms with Crippen molar-refractivity contribution in [3.63, 3.8) is 0 Å². The number of hydrogen-bond donors (Lipinski definition) is 0. The van der Waals surface area contributed by atoms with E-state index in [4.69, 9.17) is 13.3 Å². The highest BCUT2D eigenvalue weighted by molar-refractivity contribution is 7.86. The topological polar surface area (TPSA) is 82.8 Å². The van der Waals surface area contributed by atoms with Gasteiger partial charge in [-0.25, -0.2) is 0 Å². The Morgan fingerprint density at radius 2 is 1.62 bits per heavy atom. The van der Waals surface area contributed by atoms with Gasteiger partial charge in [-0.1, -0.05) is 0 Å². The molecule has 0 saturated carbocycles. The van der Waals surface area contributed by atoms with E-state index in [1.54, 1.807) is 31.4 Å². The Morgan fingerprint density at radius 1 is 0.958 bits per heavy atom. The maximum absolute atomic E-state index is 12.2. The van der Waals surface area contributed by atoms with Gasteiger partial charge in [0.1, 0.15) is 22.8 Å². The summed E-state index contributed by atoms with van der Waals surface area (Å²) in [6.45, 7) is 0. The van der Waals surface area contributed by atoms with Crippen LogP contribution in [0.3, 0.4) is 0 Å². The van der Waals surface area contributed by atoms with Crippen LogP contribution in [-0.2, 0) is 10.1 Å². The molecule has 0 bridgehead atoms. The average molecular weight is 346 g/mol. The molecule has 2 aromatic carbocycles. The number of benzene rings is 2. The van der Waals surface area contributed by atoms with E-state index in [1.165, 1.54) is 24.3 Å². The predicted molar refractivity (Wildman–Crippen MR) is 89.9 cm³/mol. The fraction of sp³-hybridized carbons (Fsp3) is 0.118. The normalized spacial score (nSPS) is 11.4. The van der Waals surface area contributed by atoms with Crippen LogP contribution in [0.5, 0.6) is 11.5 Å². The van der Waals surface area contributed by atoms with Crippen molar-refractivity contribution in [1.82, 2.24) is 0 Å². The van der Waals surface area contributed by atoms with Gasteiger partial charge in [0.05, 0.1) is 18.8 Å². The molecule has 0 N–H and O–H groups in total. The van der Waals surface area contributed by atoms with E-state index in [2.05, 4.69) is 0 Å². The Morgan fingerprint density at radius 3 is 2.25 bits per heavy atom. The van der Waals surface area contributed by atoms with Crippen molar-refractivity contribution < 1.29 is 21.8 Å². The van der Waals surface area contributed by atoms with Gasteiger partial charge in [-0.3, -0.25) is 4.79 Å². The maximum Gasteiger partial charge on any atom is 0.306 e. The number of ether oxygens (including phenoxy) is 1. The number of hydrogen-bond acceptors (Lipinski definition) is 6. The van der Waals surface area contributed by atoms with Gasteiger partial charge < -0.3 is 13.3 Å². The molecule has 0 amide bonds. The molecular formula is C17H14O6S. The Hall–Kier alpha value is -2.80. The summed E-state index contributed by atoms with van der Waals surface area (Å²) in [5.41, 5.74) is 0.715. The molecule has 24 heavy (non-hydrogen) atoms. The van der Waals surface area contributed by atoms with E-state index in [9.17, 15) is 13.2 Å². The molecule has 3 aromatic rings. The van der Waals surface area contributed by atoms with E-state index in [0.717, 1.165) is 6.26 Å². The summed E-state index contributed by atoms with van der Waals surface area (Å²) < 4.78 is 38.1.